The Labute approximate surface area is 118 Å². The molecule has 0 aliphatic heterocycles. The lowest BCUT2D eigenvalue weighted by Crippen LogP contribution is -2.11. The molecule has 1 atom stereocenters. The second-order valence-corrected chi connectivity index (χ2v) is 4.51. The maximum atomic E-state index is 13.8. The van der Waals surface area contributed by atoms with Crippen molar-refractivity contribution in [2.45, 2.75) is 19.4 Å². The highest BCUT2D eigenvalue weighted by molar-refractivity contribution is 5.55. The van der Waals surface area contributed by atoms with Crippen LogP contribution in [-0.4, -0.2) is 12.2 Å². The minimum atomic E-state index is -0.232. The van der Waals surface area contributed by atoms with E-state index in [2.05, 4.69) is 5.32 Å². The lowest BCUT2D eigenvalue weighted by atomic mass is 10.0. The molecule has 2 aromatic carbocycles. The first-order valence-electron chi connectivity index (χ1n) is 6.53. The lowest BCUT2D eigenvalue weighted by molar-refractivity contribution is 0.373. The highest BCUT2D eigenvalue weighted by Crippen LogP contribution is 2.31. The normalized spacial score (nSPS) is 11.9. The van der Waals surface area contributed by atoms with Gasteiger partial charge >= 0.3 is 0 Å². The van der Waals surface area contributed by atoms with Gasteiger partial charge in [0.1, 0.15) is 5.82 Å². The number of halogens is 1. The summed E-state index contributed by atoms with van der Waals surface area (Å²) in [6.45, 7) is 1.98. The smallest absolute Gasteiger partial charge is 0.160 e. The summed E-state index contributed by atoms with van der Waals surface area (Å²) in [4.78, 5) is 0. The number of methoxy groups -OCH3 is 1. The molecular weight excluding hydrogens is 257 g/mol. The predicted octanol–water partition coefficient (Wildman–Crippen LogP) is 4.10. The Hall–Kier alpha value is -2.23. The van der Waals surface area contributed by atoms with E-state index >= 15 is 0 Å². The molecule has 0 radical (unpaired) electrons. The number of hydrogen-bond donors (Lipinski definition) is 2. The fourth-order valence-corrected chi connectivity index (χ4v) is 2.14. The van der Waals surface area contributed by atoms with E-state index in [4.69, 9.17) is 4.74 Å². The standard InChI is InChI=1S/C16H18FNO2/c1-3-14(12-6-4-5-7-13(12)17)18-11-8-9-16(20-2)15(19)10-11/h4-10,14,18-19H,3H2,1-2H3. The largest absolute Gasteiger partial charge is 0.504 e. The summed E-state index contributed by atoms with van der Waals surface area (Å²) < 4.78 is 18.8. The van der Waals surface area contributed by atoms with Crippen LogP contribution in [0.3, 0.4) is 0 Å². The molecule has 0 spiro atoms. The van der Waals surface area contributed by atoms with Gasteiger partial charge in [0, 0.05) is 17.3 Å². The number of hydrogen-bond acceptors (Lipinski definition) is 3. The SMILES string of the molecule is CCC(Nc1ccc(OC)c(O)c1)c1ccccc1F. The zero-order valence-electron chi connectivity index (χ0n) is 11.6. The molecule has 0 heterocycles. The fraction of sp³-hybridized carbons (Fsp3) is 0.250. The molecule has 0 bridgehead atoms. The monoisotopic (exact) mass is 275 g/mol. The van der Waals surface area contributed by atoms with E-state index in [1.54, 1.807) is 30.3 Å². The van der Waals surface area contributed by atoms with Crippen LogP contribution < -0.4 is 10.1 Å². The third-order valence-corrected chi connectivity index (χ3v) is 3.21. The number of rotatable bonds is 5. The first-order chi connectivity index (χ1) is 9.65. The van der Waals surface area contributed by atoms with Crippen LogP contribution in [0.5, 0.6) is 11.5 Å². The van der Waals surface area contributed by atoms with Crippen molar-refractivity contribution in [2.24, 2.45) is 0 Å². The molecule has 4 heteroatoms. The van der Waals surface area contributed by atoms with Crippen LogP contribution in [0.1, 0.15) is 24.9 Å². The summed E-state index contributed by atoms with van der Waals surface area (Å²) in [5, 5.41) is 13.0. The molecule has 3 nitrogen and oxygen atoms in total. The molecule has 0 amide bonds. The summed E-state index contributed by atoms with van der Waals surface area (Å²) in [5.41, 5.74) is 1.34. The molecule has 0 aliphatic rings. The molecule has 2 rings (SSSR count). The van der Waals surface area contributed by atoms with Gasteiger partial charge in [-0.3, -0.25) is 0 Å². The molecule has 0 aliphatic carbocycles. The Morgan fingerprint density at radius 1 is 1.25 bits per heavy atom. The number of benzene rings is 2. The Bertz CT molecular complexity index is 586. The predicted molar refractivity (Wildman–Crippen MR) is 77.7 cm³/mol. The molecule has 0 fully saturated rings. The molecule has 20 heavy (non-hydrogen) atoms. The van der Waals surface area contributed by atoms with Crippen LogP contribution >= 0.6 is 0 Å². The van der Waals surface area contributed by atoms with E-state index in [0.29, 0.717) is 11.3 Å². The van der Waals surface area contributed by atoms with Crippen LogP contribution in [0.25, 0.3) is 0 Å². The van der Waals surface area contributed by atoms with E-state index in [1.807, 2.05) is 13.0 Å². The van der Waals surface area contributed by atoms with Crippen molar-refractivity contribution in [3.63, 3.8) is 0 Å². The number of aromatic hydroxyl groups is 1. The van der Waals surface area contributed by atoms with Crippen LogP contribution in [-0.2, 0) is 0 Å². The van der Waals surface area contributed by atoms with Crippen molar-refractivity contribution in [1.29, 1.82) is 0 Å². The summed E-state index contributed by atoms with van der Waals surface area (Å²) in [6, 6.07) is 11.6. The third kappa shape index (κ3) is 3.02. The molecular formula is C16H18FNO2. The highest BCUT2D eigenvalue weighted by atomic mass is 19.1. The zero-order valence-corrected chi connectivity index (χ0v) is 11.6. The average molecular weight is 275 g/mol. The number of anilines is 1. The first kappa shape index (κ1) is 14.2. The van der Waals surface area contributed by atoms with Crippen molar-refractivity contribution in [3.05, 3.63) is 53.8 Å². The van der Waals surface area contributed by atoms with Gasteiger partial charge < -0.3 is 15.2 Å². The molecule has 106 valence electrons. The van der Waals surface area contributed by atoms with E-state index in [0.717, 1.165) is 12.1 Å². The fourth-order valence-electron chi connectivity index (χ4n) is 2.14. The minimum absolute atomic E-state index is 0.0564. The Morgan fingerprint density at radius 2 is 2.00 bits per heavy atom. The van der Waals surface area contributed by atoms with Gasteiger partial charge in [-0.25, -0.2) is 4.39 Å². The second kappa shape index (κ2) is 6.28. The quantitative estimate of drug-likeness (QED) is 0.863. The molecule has 2 aromatic rings. The summed E-state index contributed by atoms with van der Waals surface area (Å²) >= 11 is 0. The van der Waals surface area contributed by atoms with Crippen molar-refractivity contribution in [1.82, 2.24) is 0 Å². The Kier molecular flexibility index (Phi) is 4.45. The summed E-state index contributed by atoms with van der Waals surface area (Å²) in [7, 11) is 1.50. The first-order valence-corrected chi connectivity index (χ1v) is 6.53. The van der Waals surface area contributed by atoms with Crippen molar-refractivity contribution < 1.29 is 14.2 Å². The van der Waals surface area contributed by atoms with E-state index in [9.17, 15) is 9.50 Å². The zero-order chi connectivity index (χ0) is 14.5. The molecule has 0 saturated carbocycles. The minimum Gasteiger partial charge on any atom is -0.504 e. The van der Waals surface area contributed by atoms with Gasteiger partial charge in [0.25, 0.3) is 0 Å². The highest BCUT2D eigenvalue weighted by Gasteiger charge is 2.14. The van der Waals surface area contributed by atoms with Crippen molar-refractivity contribution in [3.8, 4) is 11.5 Å². The average Bonchev–Trinajstić information content (AvgIpc) is 2.46. The van der Waals surface area contributed by atoms with Crippen molar-refractivity contribution in [2.75, 3.05) is 12.4 Å². The second-order valence-electron chi connectivity index (χ2n) is 4.51. The molecule has 1 unspecified atom stereocenters. The van der Waals surface area contributed by atoms with Gasteiger partial charge in [-0.2, -0.15) is 0 Å². The van der Waals surface area contributed by atoms with Gasteiger partial charge in [0.15, 0.2) is 11.5 Å². The maximum Gasteiger partial charge on any atom is 0.160 e. The van der Waals surface area contributed by atoms with Gasteiger partial charge in [-0.15, -0.1) is 0 Å². The summed E-state index contributed by atoms with van der Waals surface area (Å²) in [6.07, 6.45) is 0.730. The van der Waals surface area contributed by atoms with Gasteiger partial charge in [-0.1, -0.05) is 25.1 Å². The molecule has 2 N–H and O–H groups in total. The van der Waals surface area contributed by atoms with Gasteiger partial charge in [0.05, 0.1) is 13.2 Å². The Morgan fingerprint density at radius 3 is 2.60 bits per heavy atom. The van der Waals surface area contributed by atoms with Gasteiger partial charge in [0.2, 0.25) is 0 Å². The summed E-state index contributed by atoms with van der Waals surface area (Å²) in [5.74, 6) is 0.236. The lowest BCUT2D eigenvalue weighted by Gasteiger charge is -2.19. The topological polar surface area (TPSA) is 41.5 Å². The molecule has 0 aromatic heterocycles. The number of nitrogens with one attached hydrogen (secondary N) is 1. The van der Waals surface area contributed by atoms with Crippen LogP contribution in [0.2, 0.25) is 0 Å². The number of phenolic OH excluding ortho intramolecular Hbond substituents is 1. The third-order valence-electron chi connectivity index (χ3n) is 3.21. The van der Waals surface area contributed by atoms with E-state index < -0.39 is 0 Å². The van der Waals surface area contributed by atoms with E-state index in [-0.39, 0.29) is 17.6 Å². The number of phenols is 1. The molecule has 0 saturated heterocycles. The van der Waals surface area contributed by atoms with Crippen LogP contribution in [0.4, 0.5) is 10.1 Å². The van der Waals surface area contributed by atoms with Crippen LogP contribution in [0, 0.1) is 5.82 Å². The van der Waals surface area contributed by atoms with Gasteiger partial charge in [-0.05, 0) is 24.6 Å². The van der Waals surface area contributed by atoms with E-state index in [1.165, 1.54) is 13.2 Å². The maximum absolute atomic E-state index is 13.8. The number of ether oxygens (including phenoxy) is 1. The van der Waals surface area contributed by atoms with Crippen LogP contribution in [0.15, 0.2) is 42.5 Å². The van der Waals surface area contributed by atoms with Crippen molar-refractivity contribution >= 4 is 5.69 Å². The Balaban J connectivity index is 2.23.